The van der Waals surface area contributed by atoms with Gasteiger partial charge in [-0.15, -0.1) is 0 Å². The molecule has 0 saturated heterocycles. The summed E-state index contributed by atoms with van der Waals surface area (Å²) in [6.07, 6.45) is -7.32. The van der Waals surface area contributed by atoms with Crippen LogP contribution in [0.5, 0.6) is 0 Å². The summed E-state index contributed by atoms with van der Waals surface area (Å²) in [4.78, 5) is 0. The van der Waals surface area contributed by atoms with Crippen molar-refractivity contribution in [3.05, 3.63) is 0 Å². The van der Waals surface area contributed by atoms with Crippen molar-refractivity contribution in [2.75, 3.05) is 19.9 Å². The highest BCUT2D eigenvalue weighted by Crippen LogP contribution is 2.16. The zero-order valence-corrected chi connectivity index (χ0v) is 6.83. The Hall–Kier alpha value is -0.430. The fourth-order valence-corrected chi connectivity index (χ4v) is 0.450. The number of ether oxygens (including phenoxy) is 2. The van der Waals surface area contributed by atoms with E-state index in [-0.39, 0.29) is 0 Å². The van der Waals surface area contributed by atoms with Gasteiger partial charge in [0.25, 0.3) is 0 Å². The number of hydrogen-bond donors (Lipinski definition) is 0. The van der Waals surface area contributed by atoms with Gasteiger partial charge in [0.1, 0.15) is 0 Å². The lowest BCUT2D eigenvalue weighted by atomic mass is 10.6. The van der Waals surface area contributed by atoms with E-state index in [4.69, 9.17) is 0 Å². The van der Waals surface area contributed by atoms with Gasteiger partial charge >= 0.3 is 12.2 Å². The van der Waals surface area contributed by atoms with Gasteiger partial charge in [0.15, 0.2) is 6.67 Å². The monoisotopic (exact) mass is 208 g/mol. The summed E-state index contributed by atoms with van der Waals surface area (Å²) in [5.41, 5.74) is 0. The van der Waals surface area contributed by atoms with Crippen molar-refractivity contribution < 1.29 is 31.4 Å². The minimum absolute atomic E-state index is 0.459. The summed E-state index contributed by atoms with van der Waals surface area (Å²) in [5, 5.41) is 0. The standard InChI is InChI=1S/C6H9F5O2/c1-5(8,9)12-2-3-13-6(10,11)4-7/h2-4H2,1H3. The Labute approximate surface area is 71.6 Å². The van der Waals surface area contributed by atoms with Gasteiger partial charge in [0, 0.05) is 6.92 Å². The zero-order chi connectivity index (χ0) is 10.5. The SMILES string of the molecule is CC(F)(F)OCCOC(F)(F)CF. The number of alkyl halides is 5. The predicted octanol–water partition coefficient (Wildman–Crippen LogP) is 2.19. The maximum atomic E-state index is 11.9. The Kier molecular flexibility index (Phi) is 4.55. The second kappa shape index (κ2) is 4.71. The van der Waals surface area contributed by atoms with Crippen LogP contribution < -0.4 is 0 Å². The number of halogens is 5. The molecule has 2 nitrogen and oxygen atoms in total. The summed E-state index contributed by atoms with van der Waals surface area (Å²) in [7, 11) is 0. The number of rotatable bonds is 6. The summed E-state index contributed by atoms with van der Waals surface area (Å²) >= 11 is 0. The molecule has 7 heteroatoms. The van der Waals surface area contributed by atoms with Crippen LogP contribution in [-0.2, 0) is 9.47 Å². The maximum absolute atomic E-state index is 11.9. The predicted molar refractivity (Wildman–Crippen MR) is 33.4 cm³/mol. The van der Waals surface area contributed by atoms with Crippen molar-refractivity contribution in [2.45, 2.75) is 19.1 Å². The third-order valence-electron chi connectivity index (χ3n) is 0.908. The molecular weight excluding hydrogens is 199 g/mol. The first-order valence-corrected chi connectivity index (χ1v) is 3.36. The first-order chi connectivity index (χ1) is 5.77. The van der Waals surface area contributed by atoms with Crippen molar-refractivity contribution in [3.8, 4) is 0 Å². The van der Waals surface area contributed by atoms with Crippen LogP contribution in [0.1, 0.15) is 6.92 Å². The molecule has 0 aromatic carbocycles. The largest absolute Gasteiger partial charge is 0.384 e. The van der Waals surface area contributed by atoms with Crippen LogP contribution in [0.4, 0.5) is 22.0 Å². The van der Waals surface area contributed by atoms with Crippen molar-refractivity contribution in [1.82, 2.24) is 0 Å². The topological polar surface area (TPSA) is 18.5 Å². The molecule has 0 atom stereocenters. The normalized spacial score (nSPS) is 13.4. The van der Waals surface area contributed by atoms with E-state index in [9.17, 15) is 22.0 Å². The number of hydrogen-bond acceptors (Lipinski definition) is 2. The zero-order valence-electron chi connectivity index (χ0n) is 6.83. The molecule has 0 unspecified atom stereocenters. The van der Waals surface area contributed by atoms with Crippen molar-refractivity contribution in [2.24, 2.45) is 0 Å². The molecule has 0 aromatic heterocycles. The molecule has 0 aliphatic rings. The lowest BCUT2D eigenvalue weighted by Crippen LogP contribution is -2.27. The fraction of sp³-hybridized carbons (Fsp3) is 1.00. The summed E-state index contributed by atoms with van der Waals surface area (Å²) < 4.78 is 66.4. The molecular formula is C6H9F5O2. The molecule has 0 aliphatic heterocycles. The van der Waals surface area contributed by atoms with E-state index in [0.717, 1.165) is 0 Å². The molecule has 13 heavy (non-hydrogen) atoms. The highest BCUT2D eigenvalue weighted by atomic mass is 19.3. The van der Waals surface area contributed by atoms with E-state index < -0.39 is 32.1 Å². The fourth-order valence-electron chi connectivity index (χ4n) is 0.450. The van der Waals surface area contributed by atoms with Crippen LogP contribution in [0.2, 0.25) is 0 Å². The lowest BCUT2D eigenvalue weighted by Gasteiger charge is -2.14. The molecule has 0 aliphatic carbocycles. The molecule has 0 N–H and O–H groups in total. The lowest BCUT2D eigenvalue weighted by molar-refractivity contribution is -0.273. The summed E-state index contributed by atoms with van der Waals surface area (Å²) in [5.74, 6) is 0. The Morgan fingerprint density at radius 1 is 1.00 bits per heavy atom. The van der Waals surface area contributed by atoms with Gasteiger partial charge in [-0.2, -0.15) is 17.6 Å². The Bertz CT molecular complexity index is 144. The minimum atomic E-state index is -3.92. The quantitative estimate of drug-likeness (QED) is 0.492. The van der Waals surface area contributed by atoms with E-state index in [1.54, 1.807) is 0 Å². The van der Waals surface area contributed by atoms with Gasteiger partial charge in [-0.25, -0.2) is 4.39 Å². The first kappa shape index (κ1) is 12.6. The third-order valence-corrected chi connectivity index (χ3v) is 0.908. The third kappa shape index (κ3) is 7.92. The molecule has 0 radical (unpaired) electrons. The molecule has 0 rings (SSSR count). The summed E-state index contributed by atoms with van der Waals surface area (Å²) in [6, 6.07) is 0. The molecule has 0 heterocycles. The van der Waals surface area contributed by atoms with Gasteiger partial charge < -0.3 is 9.47 Å². The average molecular weight is 208 g/mol. The van der Waals surface area contributed by atoms with Crippen molar-refractivity contribution in [1.29, 1.82) is 0 Å². The minimum Gasteiger partial charge on any atom is -0.318 e. The van der Waals surface area contributed by atoms with Crippen LogP contribution in [0, 0.1) is 0 Å². The van der Waals surface area contributed by atoms with Gasteiger partial charge in [-0.05, 0) is 0 Å². The van der Waals surface area contributed by atoms with E-state index >= 15 is 0 Å². The molecule has 0 bridgehead atoms. The van der Waals surface area contributed by atoms with Crippen molar-refractivity contribution in [3.63, 3.8) is 0 Å². The highest BCUT2D eigenvalue weighted by molar-refractivity contribution is 4.48. The smallest absolute Gasteiger partial charge is 0.318 e. The van der Waals surface area contributed by atoms with Gasteiger partial charge in [-0.3, -0.25) is 0 Å². The first-order valence-electron chi connectivity index (χ1n) is 3.36. The van der Waals surface area contributed by atoms with Crippen LogP contribution in [0.25, 0.3) is 0 Å². The van der Waals surface area contributed by atoms with Gasteiger partial charge in [-0.1, -0.05) is 0 Å². The Morgan fingerprint density at radius 2 is 1.46 bits per heavy atom. The molecule has 0 fully saturated rings. The molecule has 0 saturated carbocycles. The second-order valence-electron chi connectivity index (χ2n) is 2.28. The van der Waals surface area contributed by atoms with Gasteiger partial charge in [0.05, 0.1) is 13.2 Å². The van der Waals surface area contributed by atoms with Crippen LogP contribution in [-0.4, -0.2) is 32.1 Å². The molecule has 0 spiro atoms. The Morgan fingerprint density at radius 3 is 1.85 bits per heavy atom. The second-order valence-corrected chi connectivity index (χ2v) is 2.28. The molecule has 80 valence electrons. The van der Waals surface area contributed by atoms with Crippen molar-refractivity contribution >= 4 is 0 Å². The van der Waals surface area contributed by atoms with Crippen LogP contribution in [0.15, 0.2) is 0 Å². The van der Waals surface area contributed by atoms with E-state index in [2.05, 4.69) is 9.47 Å². The molecule has 0 amide bonds. The van der Waals surface area contributed by atoms with E-state index in [0.29, 0.717) is 6.92 Å². The van der Waals surface area contributed by atoms with E-state index in [1.807, 2.05) is 0 Å². The van der Waals surface area contributed by atoms with Crippen LogP contribution >= 0.6 is 0 Å². The van der Waals surface area contributed by atoms with Gasteiger partial charge in [0.2, 0.25) is 0 Å². The average Bonchev–Trinajstić information content (AvgIpc) is 1.97. The van der Waals surface area contributed by atoms with E-state index in [1.165, 1.54) is 0 Å². The Balaban J connectivity index is 3.47. The molecule has 0 aromatic rings. The van der Waals surface area contributed by atoms with Crippen LogP contribution in [0.3, 0.4) is 0 Å². The maximum Gasteiger partial charge on any atom is 0.384 e. The highest BCUT2D eigenvalue weighted by Gasteiger charge is 2.30. The summed E-state index contributed by atoms with van der Waals surface area (Å²) in [6.45, 7) is -3.05.